The van der Waals surface area contributed by atoms with Crippen LogP contribution in [0.3, 0.4) is 0 Å². The summed E-state index contributed by atoms with van der Waals surface area (Å²) in [6, 6.07) is 2.44. The third kappa shape index (κ3) is 2.00. The highest BCUT2D eigenvalue weighted by Crippen LogP contribution is 2.16. The topological polar surface area (TPSA) is 53.4 Å². The average Bonchev–Trinajstić information content (AvgIpc) is 2.96. The van der Waals surface area contributed by atoms with Gasteiger partial charge in [-0.15, -0.1) is 0 Å². The van der Waals surface area contributed by atoms with Gasteiger partial charge in [0, 0.05) is 45.1 Å². The Kier molecular flexibility index (Phi) is 2.72. The predicted molar refractivity (Wildman–Crippen MR) is 62.6 cm³/mol. The third-order valence-corrected chi connectivity index (χ3v) is 3.46. The molecule has 17 heavy (non-hydrogen) atoms. The van der Waals surface area contributed by atoms with Gasteiger partial charge < -0.3 is 15.1 Å². The van der Waals surface area contributed by atoms with Gasteiger partial charge in [0.15, 0.2) is 0 Å². The molecule has 3 rings (SSSR count). The monoisotopic (exact) mass is 235 g/mol. The first-order valence-electron chi connectivity index (χ1n) is 6.08. The van der Waals surface area contributed by atoms with Crippen molar-refractivity contribution in [2.24, 2.45) is 0 Å². The Labute approximate surface area is 100 Å². The van der Waals surface area contributed by atoms with Crippen LogP contribution in [0.25, 0.3) is 0 Å². The smallest absolute Gasteiger partial charge is 0.320 e. The number of amides is 2. The minimum Gasteiger partial charge on any atom is -0.321 e. The summed E-state index contributed by atoms with van der Waals surface area (Å²) in [5, 5.41) is 7.47. The summed E-state index contributed by atoms with van der Waals surface area (Å²) in [4.78, 5) is 16.0. The fourth-order valence-electron chi connectivity index (χ4n) is 2.53. The summed E-state index contributed by atoms with van der Waals surface area (Å²) in [5.41, 5.74) is 0. The summed E-state index contributed by atoms with van der Waals surface area (Å²) in [7, 11) is 0. The van der Waals surface area contributed by atoms with E-state index < -0.39 is 0 Å². The van der Waals surface area contributed by atoms with E-state index in [0.717, 1.165) is 39.3 Å². The molecule has 0 aromatic carbocycles. The fourth-order valence-corrected chi connectivity index (χ4v) is 2.53. The molecule has 2 saturated heterocycles. The van der Waals surface area contributed by atoms with E-state index in [4.69, 9.17) is 0 Å². The van der Waals surface area contributed by atoms with Crippen LogP contribution < -0.4 is 5.32 Å². The lowest BCUT2D eigenvalue weighted by Crippen LogP contribution is -2.49. The largest absolute Gasteiger partial charge is 0.321 e. The molecular formula is C11H17N5O. The van der Waals surface area contributed by atoms with Gasteiger partial charge in [0.05, 0.1) is 12.6 Å². The summed E-state index contributed by atoms with van der Waals surface area (Å²) < 4.78 is 1.86. The van der Waals surface area contributed by atoms with E-state index in [1.54, 1.807) is 6.20 Å². The number of urea groups is 1. The molecule has 92 valence electrons. The Morgan fingerprint density at radius 1 is 1.47 bits per heavy atom. The molecule has 1 aromatic heterocycles. The van der Waals surface area contributed by atoms with Crippen molar-refractivity contribution in [1.29, 1.82) is 0 Å². The van der Waals surface area contributed by atoms with E-state index >= 15 is 0 Å². The maximum Gasteiger partial charge on any atom is 0.320 e. The van der Waals surface area contributed by atoms with Gasteiger partial charge in [-0.2, -0.15) is 5.10 Å². The Bertz CT molecular complexity index is 391. The lowest BCUT2D eigenvalue weighted by molar-refractivity contribution is 0.178. The van der Waals surface area contributed by atoms with Crippen LogP contribution in [0.4, 0.5) is 4.79 Å². The molecule has 2 aliphatic heterocycles. The average molecular weight is 235 g/mol. The van der Waals surface area contributed by atoms with Gasteiger partial charge in [0.2, 0.25) is 0 Å². The quantitative estimate of drug-likeness (QED) is 0.775. The number of piperazine rings is 1. The number of aromatic nitrogens is 2. The summed E-state index contributed by atoms with van der Waals surface area (Å²) >= 11 is 0. The van der Waals surface area contributed by atoms with Crippen molar-refractivity contribution in [3.05, 3.63) is 18.5 Å². The van der Waals surface area contributed by atoms with Gasteiger partial charge in [-0.1, -0.05) is 0 Å². The molecule has 3 heterocycles. The maximum absolute atomic E-state index is 12.1. The minimum absolute atomic E-state index is 0.184. The molecule has 0 saturated carbocycles. The van der Waals surface area contributed by atoms with Crippen molar-refractivity contribution in [2.75, 3.05) is 32.7 Å². The van der Waals surface area contributed by atoms with Gasteiger partial charge in [-0.3, -0.25) is 4.68 Å². The second kappa shape index (κ2) is 4.37. The first-order chi connectivity index (χ1) is 8.34. The highest BCUT2D eigenvalue weighted by atomic mass is 16.2. The molecule has 0 spiro atoms. The molecule has 2 fully saturated rings. The molecule has 0 radical (unpaired) electrons. The Morgan fingerprint density at radius 3 is 3.18 bits per heavy atom. The highest BCUT2D eigenvalue weighted by Gasteiger charge is 2.37. The Morgan fingerprint density at radius 2 is 2.41 bits per heavy atom. The molecule has 1 atom stereocenters. The van der Waals surface area contributed by atoms with Crippen molar-refractivity contribution in [3.63, 3.8) is 0 Å². The second-order valence-corrected chi connectivity index (χ2v) is 4.55. The first-order valence-corrected chi connectivity index (χ1v) is 6.08. The SMILES string of the molecule is O=C1N(CCn2cccn2)CC2CNCCN12. The predicted octanol–water partition coefficient (Wildman–Crippen LogP) is -0.407. The number of carbonyl (C=O) groups excluding carboxylic acids is 1. The molecule has 1 unspecified atom stereocenters. The molecule has 6 heteroatoms. The standard InChI is InChI=1S/C11H17N5O/c17-11-14(6-7-15-4-1-2-13-15)9-10-8-12-3-5-16(10)11/h1-2,4,10,12H,3,5-9H2. The lowest BCUT2D eigenvalue weighted by Gasteiger charge is -2.28. The van der Waals surface area contributed by atoms with Crippen LogP contribution in [0.15, 0.2) is 18.5 Å². The maximum atomic E-state index is 12.1. The number of fused-ring (bicyclic) bond motifs is 1. The Hall–Kier alpha value is -1.56. The minimum atomic E-state index is 0.184. The molecule has 2 aliphatic rings. The van der Waals surface area contributed by atoms with Crippen molar-refractivity contribution < 1.29 is 4.79 Å². The van der Waals surface area contributed by atoms with E-state index in [-0.39, 0.29) is 6.03 Å². The van der Waals surface area contributed by atoms with Crippen LogP contribution >= 0.6 is 0 Å². The van der Waals surface area contributed by atoms with Crippen molar-refractivity contribution >= 4 is 6.03 Å². The van der Waals surface area contributed by atoms with E-state index in [0.29, 0.717) is 6.04 Å². The molecule has 0 bridgehead atoms. The summed E-state index contributed by atoms with van der Waals surface area (Å²) in [6.07, 6.45) is 3.69. The van der Waals surface area contributed by atoms with Crippen LogP contribution in [0, 0.1) is 0 Å². The van der Waals surface area contributed by atoms with Gasteiger partial charge in [0.25, 0.3) is 0 Å². The molecule has 1 aromatic rings. The van der Waals surface area contributed by atoms with Crippen molar-refractivity contribution in [3.8, 4) is 0 Å². The molecule has 0 aliphatic carbocycles. The summed E-state index contributed by atoms with van der Waals surface area (Å²) in [5.74, 6) is 0. The third-order valence-electron chi connectivity index (χ3n) is 3.46. The number of nitrogens with zero attached hydrogens (tertiary/aromatic N) is 4. The highest BCUT2D eigenvalue weighted by molar-refractivity contribution is 5.77. The Balaban J connectivity index is 1.59. The second-order valence-electron chi connectivity index (χ2n) is 4.55. The normalized spacial score (nSPS) is 24.2. The van der Waals surface area contributed by atoms with E-state index in [1.165, 1.54) is 0 Å². The lowest BCUT2D eigenvalue weighted by atomic mass is 10.2. The van der Waals surface area contributed by atoms with Gasteiger partial charge in [0.1, 0.15) is 0 Å². The van der Waals surface area contributed by atoms with Crippen LogP contribution in [-0.4, -0.2) is 64.4 Å². The zero-order valence-electron chi connectivity index (χ0n) is 9.75. The number of carbonyl (C=O) groups is 1. The van der Waals surface area contributed by atoms with Crippen LogP contribution in [0.5, 0.6) is 0 Å². The van der Waals surface area contributed by atoms with Crippen LogP contribution in [0.1, 0.15) is 0 Å². The first kappa shape index (κ1) is 10.6. The van der Waals surface area contributed by atoms with Gasteiger partial charge in [-0.05, 0) is 6.07 Å². The molecule has 1 N–H and O–H groups in total. The molecular weight excluding hydrogens is 218 g/mol. The van der Waals surface area contributed by atoms with Gasteiger partial charge >= 0.3 is 6.03 Å². The van der Waals surface area contributed by atoms with E-state index in [9.17, 15) is 4.79 Å². The zero-order valence-corrected chi connectivity index (χ0v) is 9.75. The number of nitrogens with one attached hydrogen (secondary N) is 1. The van der Waals surface area contributed by atoms with Crippen molar-refractivity contribution in [1.82, 2.24) is 24.9 Å². The van der Waals surface area contributed by atoms with E-state index in [1.807, 2.05) is 26.7 Å². The van der Waals surface area contributed by atoms with Gasteiger partial charge in [-0.25, -0.2) is 4.79 Å². The number of hydrogen-bond donors (Lipinski definition) is 1. The van der Waals surface area contributed by atoms with E-state index in [2.05, 4.69) is 10.4 Å². The van der Waals surface area contributed by atoms with Crippen LogP contribution in [0.2, 0.25) is 0 Å². The van der Waals surface area contributed by atoms with Crippen molar-refractivity contribution in [2.45, 2.75) is 12.6 Å². The van der Waals surface area contributed by atoms with Crippen LogP contribution in [-0.2, 0) is 6.54 Å². The zero-order chi connectivity index (χ0) is 11.7. The molecule has 2 amide bonds. The number of hydrogen-bond acceptors (Lipinski definition) is 3. The summed E-state index contributed by atoms with van der Waals surface area (Å²) in [6.45, 7) is 5.02. The molecule has 6 nitrogen and oxygen atoms in total. The number of rotatable bonds is 3. The fraction of sp³-hybridized carbons (Fsp3) is 0.636.